The molecule has 44 heavy (non-hydrogen) atoms. The van der Waals surface area contributed by atoms with Crippen molar-refractivity contribution in [3.05, 3.63) is 65.4 Å². The summed E-state index contributed by atoms with van der Waals surface area (Å²) in [5, 5.41) is 42.3. The molecule has 4 N–H and O–H groups in total. The van der Waals surface area contributed by atoms with Crippen molar-refractivity contribution >= 4 is 16.8 Å². The van der Waals surface area contributed by atoms with Crippen LogP contribution < -0.4 is 10.1 Å². The van der Waals surface area contributed by atoms with Crippen LogP contribution in [0.2, 0.25) is 0 Å². The second kappa shape index (κ2) is 13.4. The largest absolute Gasteiger partial charge is 0.491 e. The van der Waals surface area contributed by atoms with E-state index in [2.05, 4.69) is 20.4 Å². The third kappa shape index (κ3) is 5.77. The number of carbonyl (C=O) groups excluding carboxylic acids is 1. The molecule has 16 heteroatoms. The van der Waals surface area contributed by atoms with Crippen molar-refractivity contribution in [1.82, 2.24) is 20.3 Å². The summed E-state index contributed by atoms with van der Waals surface area (Å²) in [6.07, 6.45) is -1.84. The van der Waals surface area contributed by atoms with Crippen molar-refractivity contribution < 1.29 is 51.9 Å². The summed E-state index contributed by atoms with van der Waals surface area (Å²) in [7, 11) is 0.627. The molecule has 2 aliphatic rings. The molecule has 0 spiro atoms. The van der Waals surface area contributed by atoms with Gasteiger partial charge >= 0.3 is 0 Å². The van der Waals surface area contributed by atoms with Crippen LogP contribution in [0.15, 0.2) is 36.5 Å². The van der Waals surface area contributed by atoms with Gasteiger partial charge in [-0.2, -0.15) is 8.78 Å². The second-order valence-electron chi connectivity index (χ2n) is 10.5. The topological polar surface area (TPSA) is 148 Å². The maximum Gasteiger partial charge on any atom is 0.257 e. The molecular weight excluding hydrogens is 612 g/mol. The van der Waals surface area contributed by atoms with E-state index in [1.807, 2.05) is 30.3 Å². The van der Waals surface area contributed by atoms with Gasteiger partial charge in [-0.3, -0.25) is 4.79 Å². The van der Waals surface area contributed by atoms with E-state index >= 15 is 0 Å². The minimum absolute atomic E-state index is 0.0983. The number of halogens is 4. The number of nitrogens with one attached hydrogen (secondary N) is 1. The van der Waals surface area contributed by atoms with E-state index in [0.29, 0.717) is 5.69 Å². The van der Waals surface area contributed by atoms with Crippen LogP contribution in [0.4, 0.5) is 17.6 Å². The lowest BCUT2D eigenvalue weighted by Crippen LogP contribution is -2.63. The van der Waals surface area contributed by atoms with Crippen molar-refractivity contribution in [3.8, 4) is 17.0 Å². The van der Waals surface area contributed by atoms with Crippen LogP contribution in [-0.2, 0) is 9.47 Å². The Labute approximate surface area is 252 Å². The highest BCUT2D eigenvalue weighted by atomic mass is 32.2. The predicted molar refractivity (Wildman–Crippen MR) is 151 cm³/mol. The van der Waals surface area contributed by atoms with Crippen molar-refractivity contribution in [2.24, 2.45) is 0 Å². The Kier molecular flexibility index (Phi) is 9.77. The molecule has 0 bridgehead atoms. The maximum absolute atomic E-state index is 14.6. The Morgan fingerprint density at radius 2 is 1.75 bits per heavy atom. The number of amides is 1. The van der Waals surface area contributed by atoms with Gasteiger partial charge in [0.1, 0.15) is 17.3 Å². The van der Waals surface area contributed by atoms with Crippen LogP contribution in [0.5, 0.6) is 5.75 Å². The van der Waals surface area contributed by atoms with Crippen molar-refractivity contribution in [2.75, 3.05) is 39.8 Å². The number of carbonyl (C=O) groups is 1. The van der Waals surface area contributed by atoms with Crippen LogP contribution in [0.25, 0.3) is 11.3 Å². The number of rotatable bonds is 8. The van der Waals surface area contributed by atoms with Gasteiger partial charge in [-0.25, -0.2) is 24.4 Å². The van der Waals surface area contributed by atoms with Gasteiger partial charge in [0.25, 0.3) is 5.91 Å². The van der Waals surface area contributed by atoms with Gasteiger partial charge in [0, 0.05) is 28.9 Å². The number of methoxy groups -OCH3 is 2. The molecule has 3 heterocycles. The molecule has 2 saturated heterocycles. The zero-order valence-electron chi connectivity index (χ0n) is 23.6. The summed E-state index contributed by atoms with van der Waals surface area (Å²) >= 11 is 0. The van der Waals surface area contributed by atoms with Gasteiger partial charge in [-0.05, 0) is 0 Å². The highest BCUT2D eigenvalue weighted by Gasteiger charge is 2.49. The average Bonchev–Trinajstić information content (AvgIpc) is 3.52. The summed E-state index contributed by atoms with van der Waals surface area (Å²) in [5.41, 5.74) is -0.120. The lowest BCUT2D eigenvalue weighted by molar-refractivity contribution is -0.0312. The molecule has 1 amide bonds. The smallest absolute Gasteiger partial charge is 0.257 e. The van der Waals surface area contributed by atoms with Crippen molar-refractivity contribution in [2.45, 2.75) is 40.9 Å². The van der Waals surface area contributed by atoms with Gasteiger partial charge in [0.2, 0.25) is 11.6 Å². The number of thiol groups is 1. The molecule has 1 unspecified atom stereocenters. The Bertz CT molecular complexity index is 1460. The number of aliphatic hydroxyl groups excluding tert-OH is 3. The summed E-state index contributed by atoms with van der Waals surface area (Å²) in [5.74, 6) is -10.5. The highest BCUT2D eigenvalue weighted by Crippen LogP contribution is 2.48. The van der Waals surface area contributed by atoms with Gasteiger partial charge < -0.3 is 34.8 Å². The van der Waals surface area contributed by atoms with Crippen LogP contribution in [0.1, 0.15) is 16.4 Å². The van der Waals surface area contributed by atoms with E-state index in [1.54, 1.807) is 6.20 Å². The average molecular weight is 645 g/mol. The molecule has 0 saturated carbocycles. The third-order valence-corrected chi connectivity index (χ3v) is 11.5. The molecule has 5 rings (SSSR count). The fourth-order valence-electron chi connectivity index (χ4n) is 5.79. The zero-order valence-corrected chi connectivity index (χ0v) is 24.5. The zero-order chi connectivity index (χ0) is 31.7. The second-order valence-corrected chi connectivity index (χ2v) is 13.2. The van der Waals surface area contributed by atoms with Gasteiger partial charge in [-0.1, -0.05) is 35.5 Å². The number of benzene rings is 2. The van der Waals surface area contributed by atoms with E-state index in [4.69, 9.17) is 9.47 Å². The first-order valence-corrected chi connectivity index (χ1v) is 15.3. The molecular formula is C28H32F4N4O7S. The van der Waals surface area contributed by atoms with Crippen molar-refractivity contribution in [1.29, 1.82) is 0 Å². The van der Waals surface area contributed by atoms with Gasteiger partial charge in [0.05, 0.1) is 57.5 Å². The Morgan fingerprint density at radius 3 is 2.36 bits per heavy atom. The van der Waals surface area contributed by atoms with E-state index in [1.165, 1.54) is 11.8 Å². The van der Waals surface area contributed by atoms with E-state index in [9.17, 15) is 37.7 Å². The van der Waals surface area contributed by atoms with Crippen LogP contribution >= 0.6 is 10.9 Å². The van der Waals surface area contributed by atoms with Crippen molar-refractivity contribution in [3.63, 3.8) is 0 Å². The summed E-state index contributed by atoms with van der Waals surface area (Å²) in [6, 6.07) is 7.35. The number of aromatic nitrogens is 3. The van der Waals surface area contributed by atoms with E-state index in [-0.39, 0.29) is 19.0 Å². The Balaban J connectivity index is 1.37. The predicted octanol–water partition coefficient (Wildman–Crippen LogP) is 1.36. The van der Waals surface area contributed by atoms with E-state index in [0.717, 1.165) is 12.7 Å². The fourth-order valence-corrected chi connectivity index (χ4v) is 9.29. The van der Waals surface area contributed by atoms with Gasteiger partial charge in [0.15, 0.2) is 17.4 Å². The standard InChI is InChI=1S/C28H32F4N4O7S/c1-41-16-12-44(18-11-43-10-15(25(18)38)36-8-14(34-35-36)13-6-4-3-5-7-13)17(9-37)26(39)24(16)33-28(40)19-20(29)22(31)27(42-2)23(32)21(19)30/h3-8,15-18,24-26,37-39,44H,9-12H2,1-2H3,(H,33,40)/t15-,16-,17+,18+,24+,25+,26-/m0/s1. The Morgan fingerprint density at radius 1 is 1.07 bits per heavy atom. The van der Waals surface area contributed by atoms with Crippen LogP contribution in [0.3, 0.4) is 0 Å². The minimum atomic E-state index is -1.98. The number of aliphatic hydroxyl groups is 3. The third-order valence-electron chi connectivity index (χ3n) is 8.13. The normalized spacial score (nSPS) is 29.8. The molecule has 8 atom stereocenters. The maximum atomic E-state index is 14.6. The summed E-state index contributed by atoms with van der Waals surface area (Å²) in [4.78, 5) is 12.9. The lowest BCUT2D eigenvalue weighted by Gasteiger charge is -2.51. The molecule has 3 aromatic rings. The lowest BCUT2D eigenvalue weighted by atomic mass is 10.0. The Hall–Kier alpha value is -3.28. The number of hydrogen-bond acceptors (Lipinski definition) is 9. The first kappa shape index (κ1) is 32.1. The molecule has 11 nitrogen and oxygen atoms in total. The molecule has 2 aromatic carbocycles. The summed E-state index contributed by atoms with van der Waals surface area (Å²) in [6.45, 7) is -0.343. The van der Waals surface area contributed by atoms with Gasteiger partial charge in [-0.15, -0.1) is 5.10 Å². The summed E-state index contributed by atoms with van der Waals surface area (Å²) < 4.78 is 75.0. The molecule has 0 aliphatic carbocycles. The van der Waals surface area contributed by atoms with E-state index < -0.39 is 98.9 Å². The van der Waals surface area contributed by atoms with Crippen LogP contribution in [-0.4, -0.2) is 111 Å². The molecule has 2 fully saturated rings. The minimum Gasteiger partial charge on any atom is -0.491 e. The monoisotopic (exact) mass is 644 g/mol. The molecule has 240 valence electrons. The first-order valence-electron chi connectivity index (χ1n) is 13.6. The number of hydrogen-bond donors (Lipinski definition) is 5. The van der Waals surface area contributed by atoms with Crippen LogP contribution in [0, 0.1) is 23.3 Å². The highest BCUT2D eigenvalue weighted by molar-refractivity contribution is 8.18. The quantitative estimate of drug-likeness (QED) is 0.139. The SMILES string of the molecule is COc1c(F)c(F)c(C(=O)N[C@H]2[C@@H](O)[C@@H](CO)[SH]([C@@H]3COC[C@H](n4cc(-c5ccccc5)nn4)[C@H]3O)C[C@@H]2OC)c(F)c1F. The number of ether oxygens (including phenoxy) is 3. The molecule has 2 aliphatic heterocycles. The fraction of sp³-hybridized carbons (Fsp3) is 0.464. The first-order chi connectivity index (χ1) is 21.1. The molecule has 0 radical (unpaired) electrons. The molecule has 1 aromatic heterocycles. The number of nitrogens with zero attached hydrogens (tertiary/aromatic N) is 3.